The number of para-hydroxylation sites is 1. The number of benzene rings is 1. The molecule has 0 radical (unpaired) electrons. The molecule has 16 heavy (non-hydrogen) atoms. The monoisotopic (exact) mass is 224 g/mol. The van der Waals surface area contributed by atoms with Crippen molar-refractivity contribution in [1.82, 2.24) is 0 Å². The van der Waals surface area contributed by atoms with Gasteiger partial charge < -0.3 is 15.4 Å². The van der Waals surface area contributed by atoms with Crippen LogP contribution in [0.4, 0.5) is 10.1 Å². The van der Waals surface area contributed by atoms with Crippen LogP contribution in [0.25, 0.3) is 0 Å². The van der Waals surface area contributed by atoms with Gasteiger partial charge in [-0.3, -0.25) is 0 Å². The summed E-state index contributed by atoms with van der Waals surface area (Å²) >= 11 is 0. The van der Waals surface area contributed by atoms with Crippen molar-refractivity contribution in [2.75, 3.05) is 24.6 Å². The van der Waals surface area contributed by atoms with Crippen LogP contribution in [0.5, 0.6) is 0 Å². The van der Waals surface area contributed by atoms with Gasteiger partial charge >= 0.3 is 0 Å². The van der Waals surface area contributed by atoms with Crippen LogP contribution in [0.2, 0.25) is 0 Å². The van der Waals surface area contributed by atoms with E-state index >= 15 is 0 Å². The number of nitrogens with zero attached hydrogens (tertiary/aromatic N) is 1. The van der Waals surface area contributed by atoms with Crippen LogP contribution in [-0.2, 0) is 11.3 Å². The van der Waals surface area contributed by atoms with Crippen LogP contribution in [0, 0.1) is 5.82 Å². The van der Waals surface area contributed by atoms with Crippen LogP contribution in [0.1, 0.15) is 12.5 Å². The molecule has 1 saturated heterocycles. The van der Waals surface area contributed by atoms with Crippen molar-refractivity contribution in [2.45, 2.75) is 19.6 Å². The summed E-state index contributed by atoms with van der Waals surface area (Å²) in [7, 11) is 0. The van der Waals surface area contributed by atoms with Crippen molar-refractivity contribution in [3.8, 4) is 0 Å². The van der Waals surface area contributed by atoms with E-state index in [1.54, 1.807) is 6.07 Å². The smallest absolute Gasteiger partial charge is 0.146 e. The molecule has 1 fully saturated rings. The molecule has 1 atom stereocenters. The van der Waals surface area contributed by atoms with Crippen molar-refractivity contribution in [3.05, 3.63) is 29.6 Å². The van der Waals surface area contributed by atoms with Gasteiger partial charge in [0.05, 0.1) is 18.4 Å². The molecule has 1 aromatic rings. The number of rotatable bonds is 2. The highest BCUT2D eigenvalue weighted by Crippen LogP contribution is 2.25. The highest BCUT2D eigenvalue weighted by atomic mass is 19.1. The molecule has 2 rings (SSSR count). The molecule has 88 valence electrons. The summed E-state index contributed by atoms with van der Waals surface area (Å²) in [6, 6.07) is 5.05. The third-order valence-electron chi connectivity index (χ3n) is 2.85. The summed E-state index contributed by atoms with van der Waals surface area (Å²) in [5.74, 6) is -0.197. The molecule has 0 saturated carbocycles. The number of morpholine rings is 1. The molecular weight excluding hydrogens is 207 g/mol. The number of halogens is 1. The van der Waals surface area contributed by atoms with Gasteiger partial charge in [-0.05, 0) is 18.6 Å². The number of nitrogens with two attached hydrogens (primary N) is 1. The maximum atomic E-state index is 13.8. The second-order valence-corrected chi connectivity index (χ2v) is 4.08. The fourth-order valence-electron chi connectivity index (χ4n) is 2.10. The number of ether oxygens (including phenoxy) is 1. The van der Waals surface area contributed by atoms with Gasteiger partial charge in [0.1, 0.15) is 5.82 Å². The van der Waals surface area contributed by atoms with E-state index < -0.39 is 0 Å². The second kappa shape index (κ2) is 4.80. The molecule has 0 aliphatic carbocycles. The molecule has 2 N–H and O–H groups in total. The van der Waals surface area contributed by atoms with Gasteiger partial charge in [-0.15, -0.1) is 0 Å². The van der Waals surface area contributed by atoms with Crippen LogP contribution in [0.15, 0.2) is 18.2 Å². The zero-order valence-electron chi connectivity index (χ0n) is 9.45. The Morgan fingerprint density at radius 2 is 2.38 bits per heavy atom. The Hall–Kier alpha value is -1.13. The minimum absolute atomic E-state index is 0.138. The van der Waals surface area contributed by atoms with Crippen molar-refractivity contribution in [3.63, 3.8) is 0 Å². The first-order valence-electron chi connectivity index (χ1n) is 5.56. The number of hydrogen-bond acceptors (Lipinski definition) is 3. The maximum Gasteiger partial charge on any atom is 0.146 e. The molecular formula is C12H17FN2O. The van der Waals surface area contributed by atoms with E-state index in [-0.39, 0.29) is 11.9 Å². The second-order valence-electron chi connectivity index (χ2n) is 4.08. The SMILES string of the molecule is CC1CN(c2c(F)cccc2CN)CCO1. The normalized spacial score (nSPS) is 21.2. The van der Waals surface area contributed by atoms with Gasteiger partial charge in [-0.25, -0.2) is 4.39 Å². The van der Waals surface area contributed by atoms with Crippen molar-refractivity contribution in [1.29, 1.82) is 0 Å². The molecule has 1 aromatic carbocycles. The Morgan fingerprint density at radius 1 is 1.56 bits per heavy atom. The zero-order valence-corrected chi connectivity index (χ0v) is 9.45. The average Bonchev–Trinajstić information content (AvgIpc) is 2.28. The molecule has 0 amide bonds. The highest BCUT2D eigenvalue weighted by Gasteiger charge is 2.21. The van der Waals surface area contributed by atoms with E-state index in [9.17, 15) is 4.39 Å². The molecule has 1 aliphatic heterocycles. The maximum absolute atomic E-state index is 13.8. The van der Waals surface area contributed by atoms with Crippen LogP contribution in [-0.4, -0.2) is 25.8 Å². The van der Waals surface area contributed by atoms with Gasteiger partial charge in [0.2, 0.25) is 0 Å². The van der Waals surface area contributed by atoms with Gasteiger partial charge in [-0.1, -0.05) is 12.1 Å². The van der Waals surface area contributed by atoms with Crippen LogP contribution in [0.3, 0.4) is 0 Å². The summed E-state index contributed by atoms with van der Waals surface area (Å²) in [6.45, 7) is 4.43. The molecule has 4 heteroatoms. The lowest BCUT2D eigenvalue weighted by Gasteiger charge is -2.34. The van der Waals surface area contributed by atoms with E-state index in [1.807, 2.05) is 17.9 Å². The highest BCUT2D eigenvalue weighted by molar-refractivity contribution is 5.55. The minimum atomic E-state index is -0.197. The topological polar surface area (TPSA) is 38.5 Å². The van der Waals surface area contributed by atoms with E-state index in [1.165, 1.54) is 6.07 Å². The molecule has 1 aliphatic rings. The van der Waals surface area contributed by atoms with Crippen molar-refractivity contribution in [2.24, 2.45) is 5.73 Å². The Balaban J connectivity index is 2.30. The predicted molar refractivity (Wildman–Crippen MR) is 61.9 cm³/mol. The fourth-order valence-corrected chi connectivity index (χ4v) is 2.10. The lowest BCUT2D eigenvalue weighted by Crippen LogP contribution is -2.42. The van der Waals surface area contributed by atoms with Gasteiger partial charge in [0.25, 0.3) is 0 Å². The first-order valence-corrected chi connectivity index (χ1v) is 5.56. The molecule has 0 spiro atoms. The molecule has 0 aromatic heterocycles. The number of anilines is 1. The Kier molecular flexibility index (Phi) is 3.41. The third-order valence-corrected chi connectivity index (χ3v) is 2.85. The summed E-state index contributed by atoms with van der Waals surface area (Å²) in [6.07, 6.45) is 0.138. The van der Waals surface area contributed by atoms with Crippen molar-refractivity contribution < 1.29 is 9.13 Å². The van der Waals surface area contributed by atoms with Gasteiger partial charge in [0.15, 0.2) is 0 Å². The van der Waals surface area contributed by atoms with Crippen LogP contribution < -0.4 is 10.6 Å². The quantitative estimate of drug-likeness (QED) is 0.827. The lowest BCUT2D eigenvalue weighted by molar-refractivity contribution is 0.0529. The van der Waals surface area contributed by atoms with E-state index in [4.69, 9.17) is 10.5 Å². The molecule has 1 unspecified atom stereocenters. The Morgan fingerprint density at radius 3 is 3.06 bits per heavy atom. The summed E-state index contributed by atoms with van der Waals surface area (Å²) in [5, 5.41) is 0. The minimum Gasteiger partial charge on any atom is -0.375 e. The Bertz CT molecular complexity index is 370. The largest absolute Gasteiger partial charge is 0.375 e. The van der Waals surface area contributed by atoms with Crippen LogP contribution >= 0.6 is 0 Å². The predicted octanol–water partition coefficient (Wildman–Crippen LogP) is 1.51. The lowest BCUT2D eigenvalue weighted by atomic mass is 10.1. The van der Waals surface area contributed by atoms with Gasteiger partial charge in [-0.2, -0.15) is 0 Å². The summed E-state index contributed by atoms with van der Waals surface area (Å²) in [5.41, 5.74) is 7.13. The van der Waals surface area contributed by atoms with E-state index in [2.05, 4.69) is 0 Å². The summed E-state index contributed by atoms with van der Waals surface area (Å²) in [4.78, 5) is 2.02. The average molecular weight is 224 g/mol. The Labute approximate surface area is 95.0 Å². The summed E-state index contributed by atoms with van der Waals surface area (Å²) < 4.78 is 19.3. The van der Waals surface area contributed by atoms with Crippen molar-refractivity contribution >= 4 is 5.69 Å². The van der Waals surface area contributed by atoms with Gasteiger partial charge in [0, 0.05) is 19.6 Å². The molecule has 0 bridgehead atoms. The van der Waals surface area contributed by atoms with E-state index in [0.717, 1.165) is 12.1 Å². The zero-order chi connectivity index (χ0) is 11.5. The third kappa shape index (κ3) is 2.18. The number of hydrogen-bond donors (Lipinski definition) is 1. The first kappa shape index (κ1) is 11.4. The standard InChI is InChI=1S/C12H17FN2O/c1-9-8-15(5-6-16-9)12-10(7-14)3-2-4-11(12)13/h2-4,9H,5-8,14H2,1H3. The molecule has 3 nitrogen and oxygen atoms in total. The molecule has 1 heterocycles. The first-order chi connectivity index (χ1) is 7.72. The van der Waals surface area contributed by atoms with E-state index in [0.29, 0.717) is 25.4 Å². The fraction of sp³-hybridized carbons (Fsp3) is 0.500.